The summed E-state index contributed by atoms with van der Waals surface area (Å²) >= 11 is 5.24. The van der Waals surface area contributed by atoms with Gasteiger partial charge in [-0.2, -0.15) is 0 Å². The Kier molecular flexibility index (Phi) is 7.29. The zero-order valence-corrected chi connectivity index (χ0v) is 18.4. The third-order valence-corrected chi connectivity index (χ3v) is 4.53. The predicted molar refractivity (Wildman–Crippen MR) is 123 cm³/mol. The van der Waals surface area contributed by atoms with Crippen LogP contribution in [0.4, 0.5) is 11.4 Å². The monoisotopic (exact) mass is 455 g/mol. The topological polar surface area (TPSA) is 111 Å². The summed E-state index contributed by atoms with van der Waals surface area (Å²) in [6.07, 6.45) is 1.41. The van der Waals surface area contributed by atoms with Crippen molar-refractivity contribution in [2.45, 2.75) is 0 Å². The second kappa shape index (κ2) is 10.3. The molecule has 2 amide bonds. The highest BCUT2D eigenvalue weighted by Crippen LogP contribution is 2.29. The fourth-order valence-electron chi connectivity index (χ4n) is 2.78. The summed E-state index contributed by atoms with van der Waals surface area (Å²) in [6, 6.07) is 12.9. The van der Waals surface area contributed by atoms with Crippen molar-refractivity contribution in [2.24, 2.45) is 0 Å². The van der Waals surface area contributed by atoms with Gasteiger partial charge < -0.3 is 29.3 Å². The van der Waals surface area contributed by atoms with E-state index in [9.17, 15) is 9.59 Å². The summed E-state index contributed by atoms with van der Waals surface area (Å²) in [5.74, 6) is 0.675. The molecule has 1 aromatic heterocycles. The third kappa shape index (κ3) is 5.35. The van der Waals surface area contributed by atoms with E-state index in [-0.39, 0.29) is 10.9 Å². The Morgan fingerprint density at radius 3 is 2.25 bits per heavy atom. The molecule has 0 bridgehead atoms. The molecule has 3 N–H and O–H groups in total. The molecular formula is C22H21N3O6S. The van der Waals surface area contributed by atoms with Crippen LogP contribution >= 0.6 is 12.2 Å². The number of thiocarbonyl (C=S) groups is 1. The lowest BCUT2D eigenvalue weighted by Crippen LogP contribution is -2.34. The zero-order valence-electron chi connectivity index (χ0n) is 17.6. The highest BCUT2D eigenvalue weighted by atomic mass is 32.1. The van der Waals surface area contributed by atoms with Gasteiger partial charge in [-0.05, 0) is 54.7 Å². The molecule has 10 heteroatoms. The van der Waals surface area contributed by atoms with E-state index in [2.05, 4.69) is 16.0 Å². The number of carbonyl (C=O) groups excluding carboxylic acids is 2. The van der Waals surface area contributed by atoms with Crippen LogP contribution in [0.2, 0.25) is 0 Å². The minimum atomic E-state index is -0.419. The third-order valence-electron chi connectivity index (χ3n) is 4.33. The molecule has 0 aliphatic heterocycles. The van der Waals surface area contributed by atoms with Gasteiger partial charge in [0.25, 0.3) is 11.8 Å². The summed E-state index contributed by atoms with van der Waals surface area (Å²) in [5, 5.41) is 8.30. The Hall–Kier alpha value is -4.05. The van der Waals surface area contributed by atoms with Gasteiger partial charge in [-0.25, -0.2) is 0 Å². The maximum atomic E-state index is 12.5. The number of carbonyl (C=O) groups is 2. The Bertz CT molecular complexity index is 1130. The number of benzene rings is 2. The first-order valence-corrected chi connectivity index (χ1v) is 9.73. The van der Waals surface area contributed by atoms with Crippen molar-refractivity contribution in [3.8, 4) is 17.2 Å². The van der Waals surface area contributed by atoms with Gasteiger partial charge in [0.05, 0.1) is 33.3 Å². The number of hydrogen-bond acceptors (Lipinski definition) is 7. The highest BCUT2D eigenvalue weighted by molar-refractivity contribution is 7.80. The van der Waals surface area contributed by atoms with Crippen LogP contribution in [-0.2, 0) is 0 Å². The van der Waals surface area contributed by atoms with Crippen LogP contribution in [0.1, 0.15) is 20.9 Å². The molecule has 0 spiro atoms. The summed E-state index contributed by atoms with van der Waals surface area (Å²) < 4.78 is 20.8. The van der Waals surface area contributed by atoms with Gasteiger partial charge in [0.2, 0.25) is 0 Å². The van der Waals surface area contributed by atoms with Crippen molar-refractivity contribution < 1.29 is 28.2 Å². The van der Waals surface area contributed by atoms with E-state index in [0.717, 1.165) is 0 Å². The van der Waals surface area contributed by atoms with Gasteiger partial charge in [0, 0.05) is 17.3 Å². The van der Waals surface area contributed by atoms with Crippen LogP contribution in [0.5, 0.6) is 17.2 Å². The van der Waals surface area contributed by atoms with Gasteiger partial charge in [0.15, 0.2) is 22.4 Å². The molecule has 3 aromatic rings. The smallest absolute Gasteiger partial charge is 0.291 e. The fraction of sp³-hybridized carbons (Fsp3) is 0.136. The van der Waals surface area contributed by atoms with Crippen molar-refractivity contribution in [1.29, 1.82) is 0 Å². The molecule has 166 valence electrons. The van der Waals surface area contributed by atoms with E-state index in [4.69, 9.17) is 30.8 Å². The molecule has 0 saturated heterocycles. The largest absolute Gasteiger partial charge is 0.494 e. The standard InChI is InChI=1S/C22H21N3O6S/c1-28-16-9-6-13(11-19(16)30-3)20(26)25-22(32)23-14-7-8-15(18(12-14)29-2)24-21(27)17-5-4-10-31-17/h4-12H,1-3H3,(H,24,27)(H2,23,25,26,32). The SMILES string of the molecule is COc1cc(NC(=S)NC(=O)c2ccc(OC)c(OC)c2)ccc1NC(=O)c1ccco1. The molecule has 0 atom stereocenters. The molecule has 3 rings (SSSR count). The number of ether oxygens (including phenoxy) is 3. The quantitative estimate of drug-likeness (QED) is 0.463. The van der Waals surface area contributed by atoms with E-state index in [0.29, 0.717) is 34.2 Å². The van der Waals surface area contributed by atoms with Crippen LogP contribution < -0.4 is 30.2 Å². The fourth-order valence-corrected chi connectivity index (χ4v) is 2.99. The zero-order chi connectivity index (χ0) is 23.1. The van der Waals surface area contributed by atoms with Crippen LogP contribution in [-0.4, -0.2) is 38.3 Å². The molecule has 1 heterocycles. The van der Waals surface area contributed by atoms with E-state index < -0.39 is 11.8 Å². The molecule has 0 unspecified atom stereocenters. The lowest BCUT2D eigenvalue weighted by atomic mass is 10.2. The Morgan fingerprint density at radius 1 is 0.844 bits per heavy atom. The average molecular weight is 455 g/mol. The number of hydrogen-bond donors (Lipinski definition) is 3. The number of nitrogens with one attached hydrogen (secondary N) is 3. The number of anilines is 2. The van der Waals surface area contributed by atoms with Crippen LogP contribution in [0.15, 0.2) is 59.2 Å². The Morgan fingerprint density at radius 2 is 1.59 bits per heavy atom. The molecule has 0 aliphatic rings. The molecule has 2 aromatic carbocycles. The van der Waals surface area contributed by atoms with Gasteiger partial charge in [-0.1, -0.05) is 0 Å². The average Bonchev–Trinajstić information content (AvgIpc) is 3.34. The molecular weight excluding hydrogens is 434 g/mol. The number of furan rings is 1. The van der Waals surface area contributed by atoms with Gasteiger partial charge in [-0.15, -0.1) is 0 Å². The van der Waals surface area contributed by atoms with Crippen molar-refractivity contribution >= 4 is 40.5 Å². The molecule has 0 saturated carbocycles. The summed E-state index contributed by atoms with van der Waals surface area (Å²) in [7, 11) is 4.47. The van der Waals surface area contributed by atoms with Crippen molar-refractivity contribution in [1.82, 2.24) is 5.32 Å². The molecule has 0 fully saturated rings. The van der Waals surface area contributed by atoms with Gasteiger partial charge in [0.1, 0.15) is 5.75 Å². The molecule has 32 heavy (non-hydrogen) atoms. The summed E-state index contributed by atoms with van der Waals surface area (Å²) in [5.41, 5.74) is 1.34. The summed E-state index contributed by atoms with van der Waals surface area (Å²) in [4.78, 5) is 24.7. The first kappa shape index (κ1) is 22.6. The van der Waals surface area contributed by atoms with E-state index in [1.54, 1.807) is 48.5 Å². The Balaban J connectivity index is 1.65. The molecule has 0 radical (unpaired) electrons. The first-order chi connectivity index (χ1) is 15.4. The predicted octanol–water partition coefficient (Wildman–Crippen LogP) is 3.68. The van der Waals surface area contributed by atoms with E-state index >= 15 is 0 Å². The molecule has 9 nitrogen and oxygen atoms in total. The lowest BCUT2D eigenvalue weighted by Gasteiger charge is -2.14. The first-order valence-electron chi connectivity index (χ1n) is 9.32. The van der Waals surface area contributed by atoms with Crippen molar-refractivity contribution in [2.75, 3.05) is 32.0 Å². The second-order valence-electron chi connectivity index (χ2n) is 6.32. The number of amides is 2. The second-order valence-corrected chi connectivity index (χ2v) is 6.73. The minimum Gasteiger partial charge on any atom is -0.494 e. The van der Waals surface area contributed by atoms with Crippen molar-refractivity contribution in [3.05, 3.63) is 66.1 Å². The lowest BCUT2D eigenvalue weighted by molar-refractivity contribution is 0.0974. The number of methoxy groups -OCH3 is 3. The maximum absolute atomic E-state index is 12.5. The normalized spacial score (nSPS) is 10.1. The van der Waals surface area contributed by atoms with E-state index in [1.807, 2.05) is 0 Å². The van der Waals surface area contributed by atoms with Crippen LogP contribution in [0.25, 0.3) is 0 Å². The van der Waals surface area contributed by atoms with E-state index in [1.165, 1.54) is 27.6 Å². The number of rotatable bonds is 7. The molecule has 0 aliphatic carbocycles. The summed E-state index contributed by atoms with van der Waals surface area (Å²) in [6.45, 7) is 0. The minimum absolute atomic E-state index is 0.0826. The van der Waals surface area contributed by atoms with Gasteiger partial charge >= 0.3 is 0 Å². The van der Waals surface area contributed by atoms with Crippen LogP contribution in [0.3, 0.4) is 0 Å². The maximum Gasteiger partial charge on any atom is 0.291 e. The van der Waals surface area contributed by atoms with Crippen LogP contribution in [0, 0.1) is 0 Å². The highest BCUT2D eigenvalue weighted by Gasteiger charge is 2.14. The van der Waals surface area contributed by atoms with Crippen molar-refractivity contribution in [3.63, 3.8) is 0 Å². The van der Waals surface area contributed by atoms with Gasteiger partial charge in [-0.3, -0.25) is 14.9 Å². The Labute approximate surface area is 189 Å².